The second kappa shape index (κ2) is 6.89. The zero-order valence-electron chi connectivity index (χ0n) is 14.8. The van der Waals surface area contributed by atoms with Crippen molar-refractivity contribution < 1.29 is 9.47 Å². The van der Waals surface area contributed by atoms with Crippen molar-refractivity contribution >= 4 is 16.6 Å². The van der Waals surface area contributed by atoms with Gasteiger partial charge in [-0.2, -0.15) is 0 Å². The molecule has 0 saturated carbocycles. The van der Waals surface area contributed by atoms with E-state index >= 15 is 0 Å². The standard InChI is InChI=1S/C20H22N2O3/c1-12-5-7-17-14(9-12)10-16(20(23)22-17)13(2)21-18-8-6-15(24-3)11-19(18)25-4/h5-11,13,21H,1-4H3,(H,22,23). The van der Waals surface area contributed by atoms with E-state index in [9.17, 15) is 4.79 Å². The number of ether oxygens (including phenoxy) is 2. The topological polar surface area (TPSA) is 63.3 Å². The van der Waals surface area contributed by atoms with Crippen LogP contribution in [0.1, 0.15) is 24.1 Å². The van der Waals surface area contributed by atoms with Gasteiger partial charge in [0.15, 0.2) is 0 Å². The molecule has 0 fully saturated rings. The molecule has 1 heterocycles. The lowest BCUT2D eigenvalue weighted by molar-refractivity contribution is 0.395. The third-order valence-electron chi connectivity index (χ3n) is 4.28. The average Bonchev–Trinajstić information content (AvgIpc) is 2.61. The molecule has 0 aliphatic heterocycles. The van der Waals surface area contributed by atoms with Crippen molar-refractivity contribution in [3.8, 4) is 11.5 Å². The molecular weight excluding hydrogens is 316 g/mol. The molecular formula is C20H22N2O3. The highest BCUT2D eigenvalue weighted by molar-refractivity contribution is 5.80. The summed E-state index contributed by atoms with van der Waals surface area (Å²) in [6.45, 7) is 3.99. The quantitative estimate of drug-likeness (QED) is 0.737. The van der Waals surface area contributed by atoms with E-state index in [-0.39, 0.29) is 11.6 Å². The number of aromatic amines is 1. The van der Waals surface area contributed by atoms with Gasteiger partial charge in [0, 0.05) is 17.1 Å². The minimum atomic E-state index is -0.184. The Bertz CT molecular complexity index is 963. The van der Waals surface area contributed by atoms with Crippen molar-refractivity contribution in [1.29, 1.82) is 0 Å². The Labute approximate surface area is 146 Å². The van der Waals surface area contributed by atoms with Crippen LogP contribution in [0.5, 0.6) is 11.5 Å². The normalized spacial score (nSPS) is 12.0. The van der Waals surface area contributed by atoms with E-state index < -0.39 is 0 Å². The Morgan fingerprint density at radius 3 is 2.56 bits per heavy atom. The van der Waals surface area contributed by atoms with Crippen LogP contribution in [0.4, 0.5) is 5.69 Å². The summed E-state index contributed by atoms with van der Waals surface area (Å²) in [5.74, 6) is 1.38. The van der Waals surface area contributed by atoms with Gasteiger partial charge < -0.3 is 19.8 Å². The fourth-order valence-corrected chi connectivity index (χ4v) is 2.89. The average molecular weight is 338 g/mol. The monoisotopic (exact) mass is 338 g/mol. The Morgan fingerprint density at radius 1 is 1.04 bits per heavy atom. The zero-order valence-corrected chi connectivity index (χ0v) is 14.8. The number of nitrogens with one attached hydrogen (secondary N) is 2. The smallest absolute Gasteiger partial charge is 0.253 e. The molecule has 5 nitrogen and oxygen atoms in total. The number of fused-ring (bicyclic) bond motifs is 1. The molecule has 0 bridgehead atoms. The van der Waals surface area contributed by atoms with Gasteiger partial charge >= 0.3 is 0 Å². The van der Waals surface area contributed by atoms with Crippen LogP contribution < -0.4 is 20.3 Å². The Balaban J connectivity index is 1.96. The van der Waals surface area contributed by atoms with Gasteiger partial charge in [-0.1, -0.05) is 11.6 Å². The molecule has 1 atom stereocenters. The summed E-state index contributed by atoms with van der Waals surface area (Å²) >= 11 is 0. The van der Waals surface area contributed by atoms with Crippen LogP contribution in [-0.4, -0.2) is 19.2 Å². The molecule has 2 N–H and O–H groups in total. The molecule has 0 aliphatic rings. The van der Waals surface area contributed by atoms with Gasteiger partial charge in [0.25, 0.3) is 5.56 Å². The fraction of sp³-hybridized carbons (Fsp3) is 0.250. The van der Waals surface area contributed by atoms with E-state index in [1.807, 2.05) is 50.2 Å². The molecule has 130 valence electrons. The summed E-state index contributed by atoms with van der Waals surface area (Å²) in [5, 5.41) is 4.37. The molecule has 25 heavy (non-hydrogen) atoms. The molecule has 1 unspecified atom stereocenters. The summed E-state index contributed by atoms with van der Waals surface area (Å²) in [5.41, 5.74) is 3.39. The number of anilines is 1. The molecule has 1 aromatic heterocycles. The van der Waals surface area contributed by atoms with E-state index in [1.54, 1.807) is 14.2 Å². The van der Waals surface area contributed by atoms with Gasteiger partial charge in [-0.05, 0) is 49.6 Å². The maximum absolute atomic E-state index is 12.5. The van der Waals surface area contributed by atoms with Crippen LogP contribution in [0, 0.1) is 6.92 Å². The van der Waals surface area contributed by atoms with E-state index in [2.05, 4.69) is 16.4 Å². The minimum absolute atomic E-state index is 0.0937. The van der Waals surface area contributed by atoms with Crippen molar-refractivity contribution in [3.05, 3.63) is 63.9 Å². The van der Waals surface area contributed by atoms with Crippen molar-refractivity contribution in [3.63, 3.8) is 0 Å². The highest BCUT2D eigenvalue weighted by Crippen LogP contribution is 2.31. The summed E-state index contributed by atoms with van der Waals surface area (Å²) in [7, 11) is 3.22. The summed E-state index contributed by atoms with van der Waals surface area (Å²) in [6.07, 6.45) is 0. The molecule has 0 saturated heterocycles. The van der Waals surface area contributed by atoms with E-state index in [0.29, 0.717) is 17.1 Å². The molecule has 0 spiro atoms. The third kappa shape index (κ3) is 3.45. The Kier molecular flexibility index (Phi) is 4.65. The van der Waals surface area contributed by atoms with Crippen LogP contribution in [0.15, 0.2) is 47.3 Å². The van der Waals surface area contributed by atoms with Gasteiger partial charge in [-0.25, -0.2) is 0 Å². The van der Waals surface area contributed by atoms with Crippen molar-refractivity contribution in [2.45, 2.75) is 19.9 Å². The molecule has 3 rings (SSSR count). The second-order valence-corrected chi connectivity index (χ2v) is 6.08. The lowest BCUT2D eigenvalue weighted by Gasteiger charge is -2.18. The maximum atomic E-state index is 12.5. The largest absolute Gasteiger partial charge is 0.497 e. The third-order valence-corrected chi connectivity index (χ3v) is 4.28. The van der Waals surface area contributed by atoms with Crippen molar-refractivity contribution in [2.24, 2.45) is 0 Å². The number of pyridine rings is 1. The SMILES string of the molecule is COc1ccc(NC(C)c2cc3cc(C)ccc3[nH]c2=O)c(OC)c1. The number of benzene rings is 2. The Hall–Kier alpha value is -2.95. The van der Waals surface area contributed by atoms with Crippen LogP contribution in [0.25, 0.3) is 10.9 Å². The number of hydrogen-bond donors (Lipinski definition) is 2. The van der Waals surface area contributed by atoms with Gasteiger partial charge in [0.2, 0.25) is 0 Å². The second-order valence-electron chi connectivity index (χ2n) is 6.08. The Morgan fingerprint density at radius 2 is 1.84 bits per heavy atom. The summed E-state index contributed by atoms with van der Waals surface area (Å²) in [4.78, 5) is 15.4. The number of aromatic nitrogens is 1. The molecule has 0 aliphatic carbocycles. The number of hydrogen-bond acceptors (Lipinski definition) is 4. The van der Waals surface area contributed by atoms with Crippen LogP contribution in [0.3, 0.4) is 0 Å². The number of H-pyrrole nitrogens is 1. The van der Waals surface area contributed by atoms with Gasteiger partial charge in [0.05, 0.1) is 25.9 Å². The predicted molar refractivity (Wildman–Crippen MR) is 101 cm³/mol. The van der Waals surface area contributed by atoms with Crippen LogP contribution in [-0.2, 0) is 0 Å². The first-order valence-corrected chi connectivity index (χ1v) is 8.14. The zero-order chi connectivity index (χ0) is 18.0. The van der Waals surface area contributed by atoms with Gasteiger partial charge in [0.1, 0.15) is 11.5 Å². The van der Waals surface area contributed by atoms with Gasteiger partial charge in [-0.3, -0.25) is 4.79 Å². The van der Waals surface area contributed by atoms with Crippen molar-refractivity contribution in [2.75, 3.05) is 19.5 Å². The first-order valence-electron chi connectivity index (χ1n) is 8.14. The lowest BCUT2D eigenvalue weighted by Crippen LogP contribution is -2.19. The number of methoxy groups -OCH3 is 2. The molecule has 5 heteroatoms. The number of rotatable bonds is 5. The van der Waals surface area contributed by atoms with Gasteiger partial charge in [-0.15, -0.1) is 0 Å². The van der Waals surface area contributed by atoms with E-state index in [0.717, 1.165) is 22.2 Å². The first-order chi connectivity index (χ1) is 12.0. The van der Waals surface area contributed by atoms with E-state index in [4.69, 9.17) is 9.47 Å². The van der Waals surface area contributed by atoms with Crippen LogP contribution >= 0.6 is 0 Å². The highest BCUT2D eigenvalue weighted by Gasteiger charge is 2.14. The summed E-state index contributed by atoms with van der Waals surface area (Å²) < 4.78 is 10.6. The maximum Gasteiger partial charge on any atom is 0.253 e. The van der Waals surface area contributed by atoms with Crippen LogP contribution in [0.2, 0.25) is 0 Å². The lowest BCUT2D eigenvalue weighted by atomic mass is 10.1. The molecule has 2 aromatic carbocycles. The summed E-state index contributed by atoms with van der Waals surface area (Å²) in [6, 6.07) is 13.3. The van der Waals surface area contributed by atoms with E-state index in [1.165, 1.54) is 0 Å². The molecule has 0 radical (unpaired) electrons. The molecule has 0 amide bonds. The molecule has 3 aromatic rings. The predicted octanol–water partition coefficient (Wildman–Crippen LogP) is 4.03. The first kappa shape index (κ1) is 16.9. The number of aryl methyl sites for hydroxylation is 1. The highest BCUT2D eigenvalue weighted by atomic mass is 16.5. The van der Waals surface area contributed by atoms with Crippen molar-refractivity contribution in [1.82, 2.24) is 4.98 Å². The fourth-order valence-electron chi connectivity index (χ4n) is 2.89. The minimum Gasteiger partial charge on any atom is -0.497 e.